The van der Waals surface area contributed by atoms with Crippen LogP contribution in [0.3, 0.4) is 0 Å². The van der Waals surface area contributed by atoms with Crippen molar-refractivity contribution in [2.24, 2.45) is 11.8 Å². The van der Waals surface area contributed by atoms with E-state index in [1.807, 2.05) is 30.3 Å². The van der Waals surface area contributed by atoms with Gasteiger partial charge in [-0.3, -0.25) is 9.69 Å². The summed E-state index contributed by atoms with van der Waals surface area (Å²) in [7, 11) is 0. The van der Waals surface area contributed by atoms with Crippen molar-refractivity contribution in [1.29, 1.82) is 0 Å². The molecule has 5 nitrogen and oxygen atoms in total. The van der Waals surface area contributed by atoms with E-state index in [2.05, 4.69) is 10.2 Å². The third kappa shape index (κ3) is 5.04. The van der Waals surface area contributed by atoms with Crippen LogP contribution >= 0.6 is 23.2 Å². The second-order valence-corrected chi connectivity index (χ2v) is 8.00. The predicted octanol–water partition coefficient (Wildman–Crippen LogP) is 3.60. The lowest BCUT2D eigenvalue weighted by molar-refractivity contribution is -0.121. The Kier molecular flexibility index (Phi) is 7.32. The second kappa shape index (κ2) is 9.72. The molecule has 150 valence electrons. The minimum absolute atomic E-state index is 0.0573. The highest BCUT2D eigenvalue weighted by atomic mass is 35.5. The quantitative estimate of drug-likeness (QED) is 0.637. The molecule has 7 heteroatoms. The van der Waals surface area contributed by atoms with Gasteiger partial charge < -0.3 is 15.5 Å². The number of nitrogens with one attached hydrogen (secondary N) is 1. The maximum Gasteiger partial charge on any atom is 0.246 e. The zero-order valence-electron chi connectivity index (χ0n) is 15.4. The summed E-state index contributed by atoms with van der Waals surface area (Å²) in [5.41, 5.74) is 1.43. The number of nitrogens with zero attached hydrogens (tertiary/aromatic N) is 1. The maximum absolute atomic E-state index is 13.2. The summed E-state index contributed by atoms with van der Waals surface area (Å²) in [4.78, 5) is 15.3. The number of likely N-dealkylation sites (tertiary alicyclic amines) is 1. The van der Waals surface area contributed by atoms with Crippen molar-refractivity contribution in [2.75, 3.05) is 31.6 Å². The number of carbonyl (C=O) groups excluding carboxylic acids is 1. The van der Waals surface area contributed by atoms with Crippen LogP contribution in [0, 0.1) is 11.8 Å². The summed E-state index contributed by atoms with van der Waals surface area (Å²) in [5, 5.41) is 22.8. The summed E-state index contributed by atoms with van der Waals surface area (Å²) in [6.07, 6.45) is 0.825. The number of anilines is 1. The Hall–Kier alpha value is -1.63. The first kappa shape index (κ1) is 21.1. The topological polar surface area (TPSA) is 72.8 Å². The molecule has 0 spiro atoms. The van der Waals surface area contributed by atoms with Gasteiger partial charge in [0.2, 0.25) is 5.91 Å². The molecule has 0 aliphatic carbocycles. The van der Waals surface area contributed by atoms with E-state index in [4.69, 9.17) is 23.2 Å². The van der Waals surface area contributed by atoms with E-state index < -0.39 is 6.04 Å². The molecule has 0 bridgehead atoms. The Morgan fingerprint density at radius 2 is 1.75 bits per heavy atom. The van der Waals surface area contributed by atoms with Crippen molar-refractivity contribution in [1.82, 2.24) is 4.90 Å². The molecule has 2 aromatic carbocycles. The zero-order valence-corrected chi connectivity index (χ0v) is 16.9. The zero-order chi connectivity index (χ0) is 20.1. The lowest BCUT2D eigenvalue weighted by Crippen LogP contribution is -2.37. The van der Waals surface area contributed by atoms with Crippen molar-refractivity contribution < 1.29 is 15.0 Å². The molecular weight excluding hydrogens is 399 g/mol. The van der Waals surface area contributed by atoms with E-state index >= 15 is 0 Å². The Morgan fingerprint density at radius 3 is 2.36 bits per heavy atom. The van der Waals surface area contributed by atoms with Gasteiger partial charge in [-0.05, 0) is 42.6 Å². The van der Waals surface area contributed by atoms with Crippen molar-refractivity contribution in [3.63, 3.8) is 0 Å². The molecule has 0 saturated carbocycles. The Bertz CT molecular complexity index is 779. The molecule has 1 saturated heterocycles. The first-order chi connectivity index (χ1) is 13.5. The summed E-state index contributed by atoms with van der Waals surface area (Å²) in [6.45, 7) is 1.23. The molecule has 2 atom stereocenters. The van der Waals surface area contributed by atoms with Gasteiger partial charge in [-0.15, -0.1) is 0 Å². The van der Waals surface area contributed by atoms with Crippen molar-refractivity contribution in [3.05, 3.63) is 64.1 Å². The first-order valence-corrected chi connectivity index (χ1v) is 10.0. The van der Waals surface area contributed by atoms with E-state index in [1.54, 1.807) is 18.2 Å². The summed E-state index contributed by atoms with van der Waals surface area (Å²) in [6, 6.07) is 14.0. The molecule has 0 unspecified atom stereocenters. The number of carbonyl (C=O) groups is 1. The minimum Gasteiger partial charge on any atom is -0.396 e. The molecule has 1 aliphatic heterocycles. The SMILES string of the molecule is O=C(Nc1cc(Cl)cc(Cl)c1)[C@@H](c1ccccc1)N1CC[C@H](C(CO)CO)C1. The Labute approximate surface area is 174 Å². The molecule has 2 aromatic rings. The average Bonchev–Trinajstić information content (AvgIpc) is 3.12. The van der Waals surface area contributed by atoms with Crippen LogP contribution in [0.4, 0.5) is 5.69 Å². The van der Waals surface area contributed by atoms with Crippen LogP contribution in [0.15, 0.2) is 48.5 Å². The van der Waals surface area contributed by atoms with E-state index in [9.17, 15) is 15.0 Å². The van der Waals surface area contributed by atoms with E-state index in [1.165, 1.54) is 0 Å². The van der Waals surface area contributed by atoms with Crippen LogP contribution < -0.4 is 5.32 Å². The number of hydrogen-bond donors (Lipinski definition) is 3. The van der Waals surface area contributed by atoms with Gasteiger partial charge >= 0.3 is 0 Å². The van der Waals surface area contributed by atoms with Gasteiger partial charge in [0.15, 0.2) is 0 Å². The monoisotopic (exact) mass is 422 g/mol. The number of rotatable bonds is 7. The molecule has 3 rings (SSSR count). The fourth-order valence-corrected chi connectivity index (χ4v) is 4.32. The molecule has 1 fully saturated rings. The van der Waals surface area contributed by atoms with Gasteiger partial charge in [-0.2, -0.15) is 0 Å². The number of benzene rings is 2. The van der Waals surface area contributed by atoms with Gasteiger partial charge in [0.1, 0.15) is 6.04 Å². The normalized spacial score (nSPS) is 18.4. The highest BCUT2D eigenvalue weighted by molar-refractivity contribution is 6.35. The van der Waals surface area contributed by atoms with Crippen LogP contribution in [0.5, 0.6) is 0 Å². The summed E-state index contributed by atoms with van der Waals surface area (Å²) in [5.74, 6) is -0.194. The third-order valence-electron chi connectivity index (χ3n) is 5.25. The minimum atomic E-state index is -0.484. The fraction of sp³-hybridized carbons (Fsp3) is 0.381. The number of halogens is 2. The Balaban J connectivity index is 1.83. The third-order valence-corrected chi connectivity index (χ3v) is 5.69. The van der Waals surface area contributed by atoms with E-state index in [-0.39, 0.29) is 31.0 Å². The lowest BCUT2D eigenvalue weighted by atomic mass is 9.93. The van der Waals surface area contributed by atoms with Crippen molar-refractivity contribution in [2.45, 2.75) is 12.5 Å². The van der Waals surface area contributed by atoms with Crippen LogP contribution in [-0.4, -0.2) is 47.3 Å². The summed E-state index contributed by atoms with van der Waals surface area (Å²) < 4.78 is 0. The van der Waals surface area contributed by atoms with Crippen LogP contribution in [0.25, 0.3) is 0 Å². The van der Waals surface area contributed by atoms with Gasteiger partial charge in [0, 0.05) is 41.4 Å². The van der Waals surface area contributed by atoms with Gasteiger partial charge in [-0.1, -0.05) is 53.5 Å². The highest BCUT2D eigenvalue weighted by Crippen LogP contribution is 2.32. The first-order valence-electron chi connectivity index (χ1n) is 9.29. The second-order valence-electron chi connectivity index (χ2n) is 7.13. The van der Waals surface area contributed by atoms with Crippen LogP contribution in [0.2, 0.25) is 10.0 Å². The van der Waals surface area contributed by atoms with Crippen LogP contribution in [-0.2, 0) is 4.79 Å². The molecule has 1 aliphatic rings. The smallest absolute Gasteiger partial charge is 0.246 e. The maximum atomic E-state index is 13.2. The number of amides is 1. The van der Waals surface area contributed by atoms with Crippen molar-refractivity contribution >= 4 is 34.8 Å². The number of aliphatic hydroxyl groups is 2. The number of aliphatic hydroxyl groups excluding tert-OH is 2. The largest absolute Gasteiger partial charge is 0.396 e. The molecule has 1 heterocycles. The fourth-order valence-electron chi connectivity index (χ4n) is 3.79. The summed E-state index contributed by atoms with van der Waals surface area (Å²) >= 11 is 12.1. The molecule has 28 heavy (non-hydrogen) atoms. The molecule has 3 N–H and O–H groups in total. The predicted molar refractivity (Wildman–Crippen MR) is 112 cm³/mol. The standard InChI is InChI=1S/C21H24Cl2N2O3/c22-17-8-18(23)10-19(9-17)24-21(28)20(14-4-2-1-3-5-14)25-7-6-15(11-25)16(12-26)13-27/h1-5,8-10,15-16,20,26-27H,6-7,11-13H2,(H,24,28)/t15-,20+/m0/s1. The van der Waals surface area contributed by atoms with Crippen molar-refractivity contribution in [3.8, 4) is 0 Å². The number of hydrogen-bond acceptors (Lipinski definition) is 4. The lowest BCUT2D eigenvalue weighted by Gasteiger charge is -2.28. The van der Waals surface area contributed by atoms with Gasteiger partial charge in [-0.25, -0.2) is 0 Å². The van der Waals surface area contributed by atoms with Gasteiger partial charge in [0.05, 0.1) is 0 Å². The van der Waals surface area contributed by atoms with Crippen LogP contribution in [0.1, 0.15) is 18.0 Å². The van der Waals surface area contributed by atoms with E-state index in [0.717, 1.165) is 12.0 Å². The molecule has 0 aromatic heterocycles. The molecule has 1 amide bonds. The Morgan fingerprint density at radius 1 is 1.11 bits per heavy atom. The molecular formula is C21H24Cl2N2O3. The molecule has 0 radical (unpaired) electrons. The highest BCUT2D eigenvalue weighted by Gasteiger charge is 2.36. The average molecular weight is 423 g/mol. The van der Waals surface area contributed by atoms with E-state index in [0.29, 0.717) is 28.8 Å². The van der Waals surface area contributed by atoms with Gasteiger partial charge in [0.25, 0.3) is 0 Å².